The van der Waals surface area contributed by atoms with E-state index in [4.69, 9.17) is 4.74 Å². The fourth-order valence-electron chi connectivity index (χ4n) is 2.58. The van der Waals surface area contributed by atoms with Crippen molar-refractivity contribution in [1.82, 2.24) is 5.32 Å². The lowest BCUT2D eigenvalue weighted by molar-refractivity contribution is 0.0956. The minimum absolute atomic E-state index is 0.365. The minimum Gasteiger partial charge on any atom is -0.378 e. The summed E-state index contributed by atoms with van der Waals surface area (Å²) in [5.41, 5.74) is 1.38. The largest absolute Gasteiger partial charge is 0.378 e. The summed E-state index contributed by atoms with van der Waals surface area (Å²) >= 11 is 0. The molecule has 16 heavy (non-hydrogen) atoms. The van der Waals surface area contributed by atoms with Gasteiger partial charge in [-0.3, -0.25) is 0 Å². The lowest BCUT2D eigenvalue weighted by atomic mass is 9.88. The van der Waals surface area contributed by atoms with E-state index in [1.54, 1.807) is 0 Å². The smallest absolute Gasteiger partial charge is 0.0594 e. The summed E-state index contributed by atoms with van der Waals surface area (Å²) in [6, 6.07) is 11.1. The van der Waals surface area contributed by atoms with Gasteiger partial charge in [0, 0.05) is 18.6 Å². The van der Waals surface area contributed by atoms with Gasteiger partial charge in [0.2, 0.25) is 0 Å². The van der Waals surface area contributed by atoms with E-state index in [2.05, 4.69) is 49.5 Å². The predicted octanol–water partition coefficient (Wildman–Crippen LogP) is 2.76. The maximum Gasteiger partial charge on any atom is 0.0594 e. The maximum atomic E-state index is 5.67. The Kier molecular flexibility index (Phi) is 3.97. The Labute approximate surface area is 98.0 Å². The van der Waals surface area contributed by atoms with Crippen molar-refractivity contribution in [1.29, 1.82) is 0 Å². The van der Waals surface area contributed by atoms with Crippen molar-refractivity contribution >= 4 is 0 Å². The molecule has 1 N–H and O–H groups in total. The SMILES string of the molecule is CCNC(c1ccccc1)C1CCOC1C. The predicted molar refractivity (Wildman–Crippen MR) is 66.4 cm³/mol. The zero-order chi connectivity index (χ0) is 11.4. The minimum atomic E-state index is 0.365. The van der Waals surface area contributed by atoms with Gasteiger partial charge < -0.3 is 10.1 Å². The first kappa shape index (κ1) is 11.6. The highest BCUT2D eigenvalue weighted by Crippen LogP contribution is 2.32. The van der Waals surface area contributed by atoms with E-state index in [0.717, 1.165) is 19.6 Å². The Hall–Kier alpha value is -0.860. The van der Waals surface area contributed by atoms with E-state index in [1.807, 2.05) is 0 Å². The average molecular weight is 219 g/mol. The molecule has 1 aliphatic rings. The van der Waals surface area contributed by atoms with Crippen LogP contribution in [-0.4, -0.2) is 19.3 Å². The third-order valence-electron chi connectivity index (χ3n) is 3.45. The second-order valence-electron chi connectivity index (χ2n) is 4.47. The summed E-state index contributed by atoms with van der Waals surface area (Å²) < 4.78 is 5.67. The molecule has 0 saturated carbocycles. The van der Waals surface area contributed by atoms with Gasteiger partial charge in [-0.1, -0.05) is 37.3 Å². The quantitative estimate of drug-likeness (QED) is 0.840. The second-order valence-corrected chi connectivity index (χ2v) is 4.47. The maximum absolute atomic E-state index is 5.67. The molecular weight excluding hydrogens is 198 g/mol. The van der Waals surface area contributed by atoms with Gasteiger partial charge in [0.1, 0.15) is 0 Å². The number of benzene rings is 1. The summed E-state index contributed by atoms with van der Waals surface area (Å²) in [7, 11) is 0. The van der Waals surface area contributed by atoms with Crippen LogP contribution in [0.25, 0.3) is 0 Å². The molecule has 2 nitrogen and oxygen atoms in total. The molecule has 0 bridgehead atoms. The van der Waals surface area contributed by atoms with Crippen molar-refractivity contribution in [2.45, 2.75) is 32.4 Å². The molecule has 0 aliphatic carbocycles. The molecule has 1 heterocycles. The summed E-state index contributed by atoms with van der Waals surface area (Å²) in [5, 5.41) is 3.59. The number of rotatable bonds is 4. The molecule has 0 amide bonds. The highest BCUT2D eigenvalue weighted by Gasteiger charge is 2.32. The Morgan fingerprint density at radius 3 is 2.69 bits per heavy atom. The van der Waals surface area contributed by atoms with Crippen LogP contribution < -0.4 is 5.32 Å². The molecule has 1 aromatic rings. The Balaban J connectivity index is 2.16. The first-order valence-electron chi connectivity index (χ1n) is 6.23. The van der Waals surface area contributed by atoms with Crippen LogP contribution in [0.5, 0.6) is 0 Å². The zero-order valence-electron chi connectivity index (χ0n) is 10.1. The van der Waals surface area contributed by atoms with E-state index < -0.39 is 0 Å². The standard InChI is InChI=1S/C14H21NO/c1-3-15-14(12-7-5-4-6-8-12)13-9-10-16-11(13)2/h4-8,11,13-15H,3,9-10H2,1-2H3. The molecule has 1 aromatic carbocycles. The van der Waals surface area contributed by atoms with Crippen molar-refractivity contribution in [2.75, 3.05) is 13.2 Å². The van der Waals surface area contributed by atoms with E-state index in [9.17, 15) is 0 Å². The molecule has 0 aromatic heterocycles. The van der Waals surface area contributed by atoms with Crippen molar-refractivity contribution < 1.29 is 4.74 Å². The average Bonchev–Trinajstić information content (AvgIpc) is 2.73. The van der Waals surface area contributed by atoms with Gasteiger partial charge >= 0.3 is 0 Å². The van der Waals surface area contributed by atoms with Crippen molar-refractivity contribution in [3.63, 3.8) is 0 Å². The lowest BCUT2D eigenvalue weighted by Gasteiger charge is -2.27. The van der Waals surface area contributed by atoms with Crippen molar-refractivity contribution in [2.24, 2.45) is 5.92 Å². The summed E-state index contributed by atoms with van der Waals surface area (Å²) in [6.07, 6.45) is 1.53. The first-order chi connectivity index (χ1) is 7.83. The molecule has 0 spiro atoms. The lowest BCUT2D eigenvalue weighted by Crippen LogP contribution is -2.31. The highest BCUT2D eigenvalue weighted by molar-refractivity contribution is 5.20. The molecule has 2 heteroatoms. The molecule has 1 fully saturated rings. The van der Waals surface area contributed by atoms with Crippen LogP contribution >= 0.6 is 0 Å². The zero-order valence-corrected chi connectivity index (χ0v) is 10.1. The van der Waals surface area contributed by atoms with Crippen molar-refractivity contribution in [3.05, 3.63) is 35.9 Å². The van der Waals surface area contributed by atoms with Gasteiger partial charge in [0.05, 0.1) is 6.10 Å². The van der Waals surface area contributed by atoms with Gasteiger partial charge in [0.15, 0.2) is 0 Å². The van der Waals surface area contributed by atoms with Crippen LogP contribution in [0.3, 0.4) is 0 Å². The summed E-state index contributed by atoms with van der Waals surface area (Å²) in [5.74, 6) is 0.599. The van der Waals surface area contributed by atoms with Gasteiger partial charge in [0.25, 0.3) is 0 Å². The summed E-state index contributed by atoms with van der Waals surface area (Å²) in [6.45, 7) is 6.25. The first-order valence-corrected chi connectivity index (χ1v) is 6.23. The summed E-state index contributed by atoms with van der Waals surface area (Å²) in [4.78, 5) is 0. The third-order valence-corrected chi connectivity index (χ3v) is 3.45. The molecule has 2 rings (SSSR count). The number of hydrogen-bond acceptors (Lipinski definition) is 2. The molecular formula is C14H21NO. The molecule has 88 valence electrons. The van der Waals surface area contributed by atoms with Gasteiger partial charge in [-0.2, -0.15) is 0 Å². The third kappa shape index (κ3) is 2.45. The van der Waals surface area contributed by atoms with E-state index >= 15 is 0 Å². The molecule has 3 unspecified atom stereocenters. The van der Waals surface area contributed by atoms with E-state index in [-0.39, 0.29) is 0 Å². The topological polar surface area (TPSA) is 21.3 Å². The van der Waals surface area contributed by atoms with Crippen LogP contribution in [0.1, 0.15) is 31.9 Å². The number of ether oxygens (including phenoxy) is 1. The van der Waals surface area contributed by atoms with Crippen LogP contribution in [0.2, 0.25) is 0 Å². The molecule has 1 aliphatic heterocycles. The van der Waals surface area contributed by atoms with Crippen LogP contribution in [0, 0.1) is 5.92 Å². The van der Waals surface area contributed by atoms with E-state index in [0.29, 0.717) is 18.1 Å². The molecule has 1 saturated heterocycles. The fourth-order valence-corrected chi connectivity index (χ4v) is 2.58. The Morgan fingerprint density at radius 2 is 2.12 bits per heavy atom. The van der Waals surface area contributed by atoms with Crippen LogP contribution in [0.15, 0.2) is 30.3 Å². The van der Waals surface area contributed by atoms with E-state index in [1.165, 1.54) is 5.56 Å². The van der Waals surface area contributed by atoms with Gasteiger partial charge in [-0.15, -0.1) is 0 Å². The highest BCUT2D eigenvalue weighted by atomic mass is 16.5. The normalized spacial score (nSPS) is 26.9. The molecule has 3 atom stereocenters. The van der Waals surface area contributed by atoms with Crippen LogP contribution in [-0.2, 0) is 4.74 Å². The van der Waals surface area contributed by atoms with Crippen LogP contribution in [0.4, 0.5) is 0 Å². The van der Waals surface area contributed by atoms with Gasteiger partial charge in [-0.25, -0.2) is 0 Å². The number of nitrogens with one attached hydrogen (secondary N) is 1. The second kappa shape index (κ2) is 5.46. The monoisotopic (exact) mass is 219 g/mol. The fraction of sp³-hybridized carbons (Fsp3) is 0.571. The molecule has 0 radical (unpaired) electrons. The Morgan fingerprint density at radius 1 is 1.38 bits per heavy atom. The van der Waals surface area contributed by atoms with Gasteiger partial charge in [-0.05, 0) is 25.5 Å². The Bertz CT molecular complexity index is 312. The number of hydrogen-bond donors (Lipinski definition) is 1. The van der Waals surface area contributed by atoms with Crippen molar-refractivity contribution in [3.8, 4) is 0 Å².